The van der Waals surface area contributed by atoms with E-state index in [1.54, 1.807) is 61.5 Å². The van der Waals surface area contributed by atoms with E-state index in [9.17, 15) is 14.9 Å². The van der Waals surface area contributed by atoms with Crippen molar-refractivity contribution in [1.29, 1.82) is 5.26 Å². The third-order valence-electron chi connectivity index (χ3n) is 4.11. The van der Waals surface area contributed by atoms with Gasteiger partial charge in [0.2, 0.25) is 5.88 Å². The molecule has 0 unspecified atom stereocenters. The number of halogens is 2. The lowest BCUT2D eigenvalue weighted by Gasteiger charge is -2.06. The molecule has 2 aromatic carbocycles. The van der Waals surface area contributed by atoms with Crippen LogP contribution in [-0.4, -0.2) is 18.5 Å². The van der Waals surface area contributed by atoms with Crippen LogP contribution < -0.4 is 10.6 Å². The minimum Gasteiger partial charge on any atom is -0.462 e. The number of carbonyl (C=O) groups excluding carboxylic acids is 2. The fourth-order valence-corrected chi connectivity index (χ4v) is 3.14. The maximum absolute atomic E-state index is 12.5. The molecule has 0 aliphatic heterocycles. The van der Waals surface area contributed by atoms with Gasteiger partial charge in [-0.15, -0.1) is 0 Å². The number of para-hydroxylation sites is 1. The van der Waals surface area contributed by atoms with Crippen LogP contribution in [0.4, 0.5) is 17.3 Å². The quantitative estimate of drug-likeness (QED) is 0.247. The van der Waals surface area contributed by atoms with Crippen LogP contribution in [0.15, 0.2) is 64.6 Å². The van der Waals surface area contributed by atoms with Gasteiger partial charge < -0.3 is 19.8 Å². The number of anilines is 3. The lowest BCUT2D eigenvalue weighted by Crippen LogP contribution is -2.13. The standard InChI is InChI=1S/C23H17Cl2N3O4/c1-2-31-23(30)19-20(25)18(32-22(19)28-17-10-6-7-15(24)12-17)11-14(13-26)21(29)27-16-8-4-3-5-9-16/h3-12,28H,2H2,1H3,(H,27,29)/b14-11+. The lowest BCUT2D eigenvalue weighted by molar-refractivity contribution is -0.112. The van der Waals surface area contributed by atoms with Crippen LogP contribution in [0.3, 0.4) is 0 Å². The van der Waals surface area contributed by atoms with Crippen molar-refractivity contribution in [2.45, 2.75) is 6.92 Å². The number of nitrogens with zero attached hydrogens (tertiary/aromatic N) is 1. The van der Waals surface area contributed by atoms with Crippen LogP contribution in [0, 0.1) is 11.3 Å². The van der Waals surface area contributed by atoms with Gasteiger partial charge in [-0.2, -0.15) is 5.26 Å². The first kappa shape index (κ1) is 22.9. The molecule has 1 amide bonds. The number of nitriles is 1. The fourth-order valence-electron chi connectivity index (χ4n) is 2.69. The number of hydrogen-bond donors (Lipinski definition) is 2. The molecule has 9 heteroatoms. The fraction of sp³-hybridized carbons (Fsp3) is 0.0870. The van der Waals surface area contributed by atoms with Gasteiger partial charge in [0.15, 0.2) is 5.76 Å². The Morgan fingerprint density at radius 3 is 2.50 bits per heavy atom. The molecule has 32 heavy (non-hydrogen) atoms. The van der Waals surface area contributed by atoms with Crippen molar-refractivity contribution in [3.05, 3.63) is 81.5 Å². The van der Waals surface area contributed by atoms with Crippen LogP contribution in [0.2, 0.25) is 10.0 Å². The summed E-state index contributed by atoms with van der Waals surface area (Å²) >= 11 is 12.4. The Morgan fingerprint density at radius 2 is 1.84 bits per heavy atom. The van der Waals surface area contributed by atoms with E-state index >= 15 is 0 Å². The van der Waals surface area contributed by atoms with Gasteiger partial charge in [0, 0.05) is 22.5 Å². The summed E-state index contributed by atoms with van der Waals surface area (Å²) < 4.78 is 10.8. The van der Waals surface area contributed by atoms with Gasteiger partial charge >= 0.3 is 5.97 Å². The second-order valence-electron chi connectivity index (χ2n) is 6.33. The van der Waals surface area contributed by atoms with E-state index < -0.39 is 11.9 Å². The van der Waals surface area contributed by atoms with Crippen LogP contribution in [0.25, 0.3) is 6.08 Å². The van der Waals surface area contributed by atoms with Gasteiger partial charge in [-0.3, -0.25) is 4.79 Å². The Bertz CT molecular complexity index is 1210. The zero-order valence-corrected chi connectivity index (χ0v) is 18.3. The molecule has 7 nitrogen and oxygen atoms in total. The van der Waals surface area contributed by atoms with Crippen molar-refractivity contribution in [3.63, 3.8) is 0 Å². The summed E-state index contributed by atoms with van der Waals surface area (Å²) in [5.74, 6) is -1.45. The molecule has 0 spiro atoms. The maximum atomic E-state index is 12.5. The number of ether oxygens (including phenoxy) is 1. The topological polar surface area (TPSA) is 104 Å². The summed E-state index contributed by atoms with van der Waals surface area (Å²) in [7, 11) is 0. The molecule has 0 aliphatic carbocycles. The molecule has 162 valence electrons. The van der Waals surface area contributed by atoms with Crippen molar-refractivity contribution in [2.75, 3.05) is 17.2 Å². The summed E-state index contributed by atoms with van der Waals surface area (Å²) in [5.41, 5.74) is 0.709. The molecule has 0 atom stereocenters. The SMILES string of the molecule is CCOC(=O)c1c(Nc2cccc(Cl)c2)oc(/C=C(\C#N)C(=O)Nc2ccccc2)c1Cl. The molecule has 0 aliphatic rings. The highest BCUT2D eigenvalue weighted by molar-refractivity contribution is 6.36. The molecule has 1 heterocycles. The van der Waals surface area contributed by atoms with Gasteiger partial charge in [-0.25, -0.2) is 4.79 Å². The average molecular weight is 470 g/mol. The Hall–Kier alpha value is -3.73. The number of amides is 1. The Labute approximate surface area is 194 Å². The zero-order valence-electron chi connectivity index (χ0n) is 16.8. The highest BCUT2D eigenvalue weighted by atomic mass is 35.5. The first-order valence-corrected chi connectivity index (χ1v) is 10.2. The number of nitrogens with one attached hydrogen (secondary N) is 2. The van der Waals surface area contributed by atoms with Crippen LogP contribution in [0.5, 0.6) is 0 Å². The third-order valence-corrected chi connectivity index (χ3v) is 4.72. The molecule has 0 fully saturated rings. The van der Waals surface area contributed by atoms with E-state index in [-0.39, 0.29) is 34.4 Å². The molecule has 0 radical (unpaired) electrons. The summed E-state index contributed by atoms with van der Waals surface area (Å²) in [4.78, 5) is 25.0. The smallest absolute Gasteiger partial charge is 0.345 e. The average Bonchev–Trinajstić information content (AvgIpc) is 3.07. The summed E-state index contributed by atoms with van der Waals surface area (Å²) in [5, 5.41) is 15.4. The van der Waals surface area contributed by atoms with Crippen molar-refractivity contribution in [2.24, 2.45) is 0 Å². The predicted octanol–water partition coefficient (Wildman–Crippen LogP) is 6.05. The molecule has 0 saturated heterocycles. The van der Waals surface area contributed by atoms with E-state index in [0.29, 0.717) is 16.4 Å². The van der Waals surface area contributed by atoms with Crippen LogP contribution in [0.1, 0.15) is 23.0 Å². The molecule has 0 saturated carbocycles. The molecule has 0 bridgehead atoms. The van der Waals surface area contributed by atoms with Crippen molar-refractivity contribution < 1.29 is 18.7 Å². The van der Waals surface area contributed by atoms with E-state index in [1.165, 1.54) is 0 Å². The highest BCUT2D eigenvalue weighted by Gasteiger charge is 2.26. The van der Waals surface area contributed by atoms with Crippen molar-refractivity contribution in [3.8, 4) is 6.07 Å². The van der Waals surface area contributed by atoms with E-state index in [2.05, 4.69) is 10.6 Å². The first-order valence-electron chi connectivity index (χ1n) is 9.43. The predicted molar refractivity (Wildman–Crippen MR) is 123 cm³/mol. The minimum atomic E-state index is -0.724. The highest BCUT2D eigenvalue weighted by Crippen LogP contribution is 2.36. The Morgan fingerprint density at radius 1 is 1.12 bits per heavy atom. The molecule has 1 aromatic heterocycles. The lowest BCUT2D eigenvalue weighted by atomic mass is 10.2. The van der Waals surface area contributed by atoms with Gasteiger partial charge in [0.25, 0.3) is 5.91 Å². The van der Waals surface area contributed by atoms with Crippen LogP contribution >= 0.6 is 23.2 Å². The zero-order chi connectivity index (χ0) is 23.1. The second-order valence-corrected chi connectivity index (χ2v) is 7.14. The normalized spacial score (nSPS) is 10.9. The molecular formula is C23H17Cl2N3O4. The van der Waals surface area contributed by atoms with Crippen LogP contribution in [-0.2, 0) is 9.53 Å². The Kier molecular flexibility index (Phi) is 7.55. The van der Waals surface area contributed by atoms with Gasteiger partial charge in [0.1, 0.15) is 22.2 Å². The number of furan rings is 1. The Balaban J connectivity index is 1.98. The molecule has 3 aromatic rings. The molecule has 2 N–H and O–H groups in total. The second kappa shape index (κ2) is 10.5. The number of benzene rings is 2. The van der Waals surface area contributed by atoms with E-state index in [0.717, 1.165) is 6.08 Å². The third kappa shape index (κ3) is 5.49. The first-order chi connectivity index (χ1) is 15.4. The van der Waals surface area contributed by atoms with Crippen molar-refractivity contribution in [1.82, 2.24) is 0 Å². The van der Waals surface area contributed by atoms with E-state index in [1.807, 2.05) is 6.07 Å². The monoisotopic (exact) mass is 469 g/mol. The van der Waals surface area contributed by atoms with Gasteiger partial charge in [0.05, 0.1) is 6.61 Å². The number of rotatable bonds is 7. The molecule has 3 rings (SSSR count). The minimum absolute atomic E-state index is 0.0114. The summed E-state index contributed by atoms with van der Waals surface area (Å²) in [6.45, 7) is 1.77. The van der Waals surface area contributed by atoms with E-state index in [4.69, 9.17) is 32.4 Å². The summed E-state index contributed by atoms with van der Waals surface area (Å²) in [6, 6.07) is 17.2. The van der Waals surface area contributed by atoms with Gasteiger partial charge in [-0.05, 0) is 37.3 Å². The number of esters is 1. The number of hydrogen-bond acceptors (Lipinski definition) is 6. The number of carbonyl (C=O) groups is 2. The maximum Gasteiger partial charge on any atom is 0.345 e. The summed E-state index contributed by atoms with van der Waals surface area (Å²) in [6.07, 6.45) is 1.16. The largest absolute Gasteiger partial charge is 0.462 e. The van der Waals surface area contributed by atoms with Crippen molar-refractivity contribution >= 4 is 58.4 Å². The molecular weight excluding hydrogens is 453 g/mol. The van der Waals surface area contributed by atoms with Gasteiger partial charge in [-0.1, -0.05) is 47.5 Å².